The maximum atomic E-state index is 5.66. The fraction of sp³-hybridized carbons (Fsp3) is 0.643. The van der Waals surface area contributed by atoms with E-state index >= 15 is 0 Å². The highest BCUT2D eigenvalue weighted by Gasteiger charge is 2.16. The lowest BCUT2D eigenvalue weighted by molar-refractivity contribution is 0.313. The van der Waals surface area contributed by atoms with Crippen molar-refractivity contribution < 1.29 is 4.52 Å². The summed E-state index contributed by atoms with van der Waals surface area (Å²) in [7, 11) is 1.91. The molecule has 0 amide bonds. The minimum Gasteiger partial charge on any atom is -0.339 e. The Balaban J connectivity index is 1.98. The molecule has 6 heteroatoms. The summed E-state index contributed by atoms with van der Waals surface area (Å²) >= 11 is 0. The third kappa shape index (κ3) is 3.45. The summed E-state index contributed by atoms with van der Waals surface area (Å²) in [5.41, 5.74) is 6.52. The zero-order valence-corrected chi connectivity index (χ0v) is 12.4. The Morgan fingerprint density at radius 3 is 2.75 bits per heavy atom. The molecule has 0 aliphatic heterocycles. The molecule has 2 N–H and O–H groups in total. The van der Waals surface area contributed by atoms with Crippen molar-refractivity contribution in [2.45, 2.75) is 33.1 Å². The monoisotopic (exact) mass is 277 g/mol. The maximum absolute atomic E-state index is 5.66. The van der Waals surface area contributed by atoms with Gasteiger partial charge in [-0.25, -0.2) is 4.98 Å². The number of hydrogen-bond donors (Lipinski definition) is 1. The molecular formula is C14H23N5O. The van der Waals surface area contributed by atoms with Gasteiger partial charge < -0.3 is 14.8 Å². The molecule has 0 bridgehead atoms. The van der Waals surface area contributed by atoms with Crippen LogP contribution in [0.3, 0.4) is 0 Å². The molecule has 20 heavy (non-hydrogen) atoms. The van der Waals surface area contributed by atoms with Gasteiger partial charge in [0.15, 0.2) is 0 Å². The Hall–Kier alpha value is -1.69. The predicted octanol–water partition coefficient (Wildman–Crippen LogP) is 2.02. The number of aromatic nitrogens is 4. The lowest BCUT2D eigenvalue weighted by Crippen LogP contribution is -2.15. The Kier molecular flexibility index (Phi) is 4.89. The van der Waals surface area contributed by atoms with E-state index in [1.807, 2.05) is 11.6 Å². The second-order valence-corrected chi connectivity index (χ2v) is 5.52. The quantitative estimate of drug-likeness (QED) is 0.837. The highest BCUT2D eigenvalue weighted by molar-refractivity contribution is 5.46. The van der Waals surface area contributed by atoms with Crippen molar-refractivity contribution in [3.63, 3.8) is 0 Å². The van der Waals surface area contributed by atoms with Crippen LogP contribution in [-0.4, -0.2) is 26.2 Å². The first kappa shape index (κ1) is 14.7. The minimum atomic E-state index is 0.597. The largest absolute Gasteiger partial charge is 0.339 e. The molecule has 0 aromatic carbocycles. The smallest absolute Gasteiger partial charge is 0.227 e. The summed E-state index contributed by atoms with van der Waals surface area (Å²) < 4.78 is 7.19. The molecule has 0 aliphatic rings. The van der Waals surface area contributed by atoms with Crippen LogP contribution in [0.1, 0.15) is 32.6 Å². The van der Waals surface area contributed by atoms with E-state index in [2.05, 4.69) is 29.0 Å². The predicted molar refractivity (Wildman–Crippen MR) is 76.8 cm³/mol. The summed E-state index contributed by atoms with van der Waals surface area (Å²) in [4.78, 5) is 8.49. The van der Waals surface area contributed by atoms with E-state index in [9.17, 15) is 0 Å². The molecule has 6 nitrogen and oxygen atoms in total. The number of nitrogens with two attached hydrogens (primary N) is 1. The SMILES string of the molecule is CC(C)C(CCN)CCc1nc(-c2cncn2C)no1. The summed E-state index contributed by atoms with van der Waals surface area (Å²) in [6.45, 7) is 5.19. The Morgan fingerprint density at radius 1 is 1.35 bits per heavy atom. The van der Waals surface area contributed by atoms with E-state index in [4.69, 9.17) is 10.3 Å². The maximum Gasteiger partial charge on any atom is 0.227 e. The van der Waals surface area contributed by atoms with Crippen LogP contribution in [0, 0.1) is 11.8 Å². The van der Waals surface area contributed by atoms with Crippen molar-refractivity contribution in [3.05, 3.63) is 18.4 Å². The van der Waals surface area contributed by atoms with Crippen LogP contribution >= 0.6 is 0 Å². The zero-order valence-electron chi connectivity index (χ0n) is 12.4. The van der Waals surface area contributed by atoms with E-state index in [0.717, 1.165) is 31.5 Å². The Labute approximate surface area is 119 Å². The highest BCUT2D eigenvalue weighted by atomic mass is 16.5. The van der Waals surface area contributed by atoms with Gasteiger partial charge in [0.1, 0.15) is 5.69 Å². The average Bonchev–Trinajstić information content (AvgIpc) is 3.02. The van der Waals surface area contributed by atoms with E-state index in [-0.39, 0.29) is 0 Å². The molecule has 1 atom stereocenters. The Morgan fingerprint density at radius 2 is 2.15 bits per heavy atom. The number of rotatable bonds is 7. The van der Waals surface area contributed by atoms with Gasteiger partial charge in [0.2, 0.25) is 11.7 Å². The van der Waals surface area contributed by atoms with Crippen molar-refractivity contribution in [3.8, 4) is 11.5 Å². The third-order valence-electron chi connectivity index (χ3n) is 3.72. The molecule has 0 aliphatic carbocycles. The van der Waals surface area contributed by atoms with Crippen molar-refractivity contribution in [2.75, 3.05) is 6.54 Å². The van der Waals surface area contributed by atoms with Crippen LogP contribution in [0.15, 0.2) is 17.0 Å². The first-order valence-electron chi connectivity index (χ1n) is 7.11. The molecule has 2 heterocycles. The van der Waals surface area contributed by atoms with Crippen LogP contribution in [0.4, 0.5) is 0 Å². The first-order chi connectivity index (χ1) is 9.61. The van der Waals surface area contributed by atoms with Crippen molar-refractivity contribution in [2.24, 2.45) is 24.6 Å². The van der Waals surface area contributed by atoms with E-state index in [1.165, 1.54) is 0 Å². The Bertz CT molecular complexity index is 531. The molecular weight excluding hydrogens is 254 g/mol. The number of hydrogen-bond acceptors (Lipinski definition) is 5. The molecule has 2 rings (SSSR count). The fourth-order valence-corrected chi connectivity index (χ4v) is 2.37. The standard InChI is InChI=1S/C14H23N5O/c1-10(2)11(6-7-15)4-5-13-17-14(18-20-13)12-8-16-9-19(12)3/h8-11H,4-7,15H2,1-3H3. The van der Waals surface area contributed by atoms with Gasteiger partial charge in [-0.1, -0.05) is 19.0 Å². The van der Waals surface area contributed by atoms with E-state index < -0.39 is 0 Å². The number of aryl methyl sites for hydroxylation is 2. The molecule has 110 valence electrons. The van der Waals surface area contributed by atoms with Crippen LogP contribution < -0.4 is 5.73 Å². The molecule has 0 saturated heterocycles. The summed E-state index contributed by atoms with van der Waals surface area (Å²) in [6.07, 6.45) is 6.33. The third-order valence-corrected chi connectivity index (χ3v) is 3.72. The van der Waals surface area contributed by atoms with Crippen LogP contribution in [0.2, 0.25) is 0 Å². The second-order valence-electron chi connectivity index (χ2n) is 5.52. The van der Waals surface area contributed by atoms with E-state index in [0.29, 0.717) is 23.6 Å². The van der Waals surface area contributed by atoms with Crippen LogP contribution in [-0.2, 0) is 13.5 Å². The van der Waals surface area contributed by atoms with Gasteiger partial charge in [-0.2, -0.15) is 4.98 Å². The van der Waals surface area contributed by atoms with E-state index in [1.54, 1.807) is 12.5 Å². The second kappa shape index (κ2) is 6.65. The average molecular weight is 277 g/mol. The normalized spacial score (nSPS) is 13.1. The molecule has 2 aromatic heterocycles. The van der Waals surface area contributed by atoms with Gasteiger partial charge in [-0.15, -0.1) is 0 Å². The van der Waals surface area contributed by atoms with Gasteiger partial charge in [-0.3, -0.25) is 0 Å². The zero-order chi connectivity index (χ0) is 14.5. The number of imidazole rings is 1. The van der Waals surface area contributed by atoms with Crippen molar-refractivity contribution >= 4 is 0 Å². The molecule has 0 fully saturated rings. The summed E-state index contributed by atoms with van der Waals surface area (Å²) in [6, 6.07) is 0. The molecule has 0 spiro atoms. The highest BCUT2D eigenvalue weighted by Crippen LogP contribution is 2.21. The minimum absolute atomic E-state index is 0.597. The van der Waals surface area contributed by atoms with Gasteiger partial charge in [0.25, 0.3) is 0 Å². The molecule has 2 aromatic rings. The molecule has 1 unspecified atom stereocenters. The van der Waals surface area contributed by atoms with Gasteiger partial charge in [-0.05, 0) is 31.2 Å². The van der Waals surface area contributed by atoms with Crippen LogP contribution in [0.5, 0.6) is 0 Å². The van der Waals surface area contributed by atoms with Crippen molar-refractivity contribution in [1.29, 1.82) is 0 Å². The topological polar surface area (TPSA) is 82.8 Å². The van der Waals surface area contributed by atoms with Crippen LogP contribution in [0.25, 0.3) is 11.5 Å². The fourth-order valence-electron chi connectivity index (χ4n) is 2.37. The first-order valence-corrected chi connectivity index (χ1v) is 7.11. The molecule has 0 radical (unpaired) electrons. The summed E-state index contributed by atoms with van der Waals surface area (Å²) in [5, 5.41) is 4.02. The molecule has 0 saturated carbocycles. The van der Waals surface area contributed by atoms with Gasteiger partial charge >= 0.3 is 0 Å². The summed E-state index contributed by atoms with van der Waals surface area (Å²) in [5.74, 6) is 2.51. The van der Waals surface area contributed by atoms with Gasteiger partial charge in [0, 0.05) is 13.5 Å². The lowest BCUT2D eigenvalue weighted by Gasteiger charge is -2.18. The lowest BCUT2D eigenvalue weighted by atomic mass is 9.88. The van der Waals surface area contributed by atoms with Gasteiger partial charge in [0.05, 0.1) is 12.5 Å². The number of nitrogens with zero attached hydrogens (tertiary/aromatic N) is 4. The van der Waals surface area contributed by atoms with Crippen molar-refractivity contribution in [1.82, 2.24) is 19.7 Å².